The van der Waals surface area contributed by atoms with E-state index in [0.29, 0.717) is 0 Å². The molecule has 0 spiro atoms. The topological polar surface area (TPSA) is 120 Å². The highest BCUT2D eigenvalue weighted by Gasteiger charge is 2.09. The number of benzene rings is 1. The summed E-state index contributed by atoms with van der Waals surface area (Å²) in [5, 5.41) is -0.931. The number of nitrogens with two attached hydrogens (primary N) is 3. The van der Waals surface area contributed by atoms with E-state index in [9.17, 15) is 9.18 Å². The molecule has 0 amide bonds. The van der Waals surface area contributed by atoms with Crippen LogP contribution in [0.1, 0.15) is 10.4 Å². The average molecular weight is 258 g/mol. The maximum absolute atomic E-state index is 13.1. The third-order valence-corrected chi connectivity index (χ3v) is 1.85. The zero-order valence-electron chi connectivity index (χ0n) is 8.52. The Balaban J connectivity index is 3.13. The molecule has 0 unspecified atom stereocenters. The lowest BCUT2D eigenvalue weighted by atomic mass is 10.2. The number of carbonyl (C=O) groups is 1. The van der Waals surface area contributed by atoms with E-state index in [-0.39, 0.29) is 23.2 Å². The standard InChI is InChI=1S/C9H9ClFN5O/c10-7(17)5-3-4(1-2-6(5)11)15-9(14)16-8(12)13/h1-3H,(H6,12,13,14,15,16). The van der Waals surface area contributed by atoms with Crippen molar-refractivity contribution in [3.8, 4) is 0 Å². The van der Waals surface area contributed by atoms with Crippen molar-refractivity contribution in [1.82, 2.24) is 0 Å². The minimum Gasteiger partial charge on any atom is -0.370 e. The smallest absolute Gasteiger partial charge is 0.255 e. The molecule has 1 rings (SSSR count). The van der Waals surface area contributed by atoms with Crippen LogP contribution in [0.3, 0.4) is 0 Å². The van der Waals surface area contributed by atoms with Crippen LogP contribution in [0.25, 0.3) is 0 Å². The predicted octanol–water partition coefficient (Wildman–Crippen LogP) is 0.424. The summed E-state index contributed by atoms with van der Waals surface area (Å²) in [7, 11) is 0. The van der Waals surface area contributed by atoms with Gasteiger partial charge in [0.25, 0.3) is 5.24 Å². The fourth-order valence-corrected chi connectivity index (χ4v) is 1.17. The van der Waals surface area contributed by atoms with Gasteiger partial charge in [-0.2, -0.15) is 4.99 Å². The first-order chi connectivity index (χ1) is 7.90. The Bertz CT molecular complexity index is 510. The van der Waals surface area contributed by atoms with Crippen LogP contribution in [-0.4, -0.2) is 17.2 Å². The SMILES string of the molecule is NC(N)=NC(N)=Nc1ccc(F)c(C(=O)Cl)c1. The second-order valence-corrected chi connectivity index (χ2v) is 3.29. The molecule has 0 radical (unpaired) electrons. The van der Waals surface area contributed by atoms with Crippen molar-refractivity contribution in [2.45, 2.75) is 0 Å². The van der Waals surface area contributed by atoms with Crippen LogP contribution in [0, 0.1) is 5.82 Å². The van der Waals surface area contributed by atoms with Crippen molar-refractivity contribution < 1.29 is 9.18 Å². The second kappa shape index (κ2) is 5.26. The number of nitrogens with zero attached hydrogens (tertiary/aromatic N) is 2. The monoisotopic (exact) mass is 257 g/mol. The average Bonchev–Trinajstić information content (AvgIpc) is 2.19. The molecule has 0 heterocycles. The van der Waals surface area contributed by atoms with Gasteiger partial charge in [0.05, 0.1) is 11.3 Å². The summed E-state index contributed by atoms with van der Waals surface area (Å²) in [6.07, 6.45) is 0. The summed E-state index contributed by atoms with van der Waals surface area (Å²) in [5.41, 5.74) is 15.4. The van der Waals surface area contributed by atoms with Crippen LogP contribution < -0.4 is 17.2 Å². The normalized spacial score (nSPS) is 11.1. The molecule has 0 aliphatic rings. The van der Waals surface area contributed by atoms with Crippen molar-refractivity contribution in [3.63, 3.8) is 0 Å². The Labute approximate surface area is 101 Å². The fraction of sp³-hybridized carbons (Fsp3) is 0. The molecule has 0 aliphatic carbocycles. The quantitative estimate of drug-likeness (QED) is 0.404. The van der Waals surface area contributed by atoms with Crippen LogP contribution in [-0.2, 0) is 0 Å². The second-order valence-electron chi connectivity index (χ2n) is 2.94. The molecule has 0 bridgehead atoms. The summed E-state index contributed by atoms with van der Waals surface area (Å²) in [5.74, 6) is -1.23. The highest BCUT2D eigenvalue weighted by Crippen LogP contribution is 2.19. The summed E-state index contributed by atoms with van der Waals surface area (Å²) in [6.45, 7) is 0. The van der Waals surface area contributed by atoms with Crippen molar-refractivity contribution in [2.75, 3.05) is 0 Å². The first kappa shape index (κ1) is 12.9. The van der Waals surface area contributed by atoms with Crippen LogP contribution >= 0.6 is 11.6 Å². The number of guanidine groups is 2. The molecule has 6 N–H and O–H groups in total. The van der Waals surface area contributed by atoms with Gasteiger partial charge in [-0.25, -0.2) is 9.38 Å². The Hall–Kier alpha value is -2.15. The number of hydrogen-bond donors (Lipinski definition) is 3. The third-order valence-electron chi connectivity index (χ3n) is 1.65. The maximum Gasteiger partial charge on any atom is 0.255 e. The third kappa shape index (κ3) is 3.72. The lowest BCUT2D eigenvalue weighted by Gasteiger charge is -1.99. The summed E-state index contributed by atoms with van der Waals surface area (Å²) in [6, 6.07) is 3.48. The van der Waals surface area contributed by atoms with Gasteiger partial charge >= 0.3 is 0 Å². The first-order valence-corrected chi connectivity index (χ1v) is 4.71. The fourth-order valence-electron chi connectivity index (χ4n) is 1.02. The van der Waals surface area contributed by atoms with E-state index >= 15 is 0 Å². The van der Waals surface area contributed by atoms with Gasteiger partial charge in [0.2, 0.25) is 5.96 Å². The molecule has 1 aromatic carbocycles. The molecule has 0 fully saturated rings. The minimum atomic E-state index is -0.931. The highest BCUT2D eigenvalue weighted by atomic mass is 35.5. The van der Waals surface area contributed by atoms with Crippen LogP contribution in [0.4, 0.5) is 10.1 Å². The van der Waals surface area contributed by atoms with Gasteiger partial charge in [0.1, 0.15) is 5.82 Å². The Morgan fingerprint density at radius 3 is 2.47 bits per heavy atom. The zero-order chi connectivity index (χ0) is 13.0. The van der Waals surface area contributed by atoms with Gasteiger partial charge in [0.15, 0.2) is 5.96 Å². The van der Waals surface area contributed by atoms with Crippen molar-refractivity contribution in [1.29, 1.82) is 0 Å². The van der Waals surface area contributed by atoms with Crippen LogP contribution in [0.2, 0.25) is 0 Å². The highest BCUT2D eigenvalue weighted by molar-refractivity contribution is 6.67. The van der Waals surface area contributed by atoms with Gasteiger partial charge in [0, 0.05) is 0 Å². The molecular weight excluding hydrogens is 249 g/mol. The Morgan fingerprint density at radius 1 is 1.29 bits per heavy atom. The van der Waals surface area contributed by atoms with E-state index in [0.717, 1.165) is 12.1 Å². The van der Waals surface area contributed by atoms with E-state index < -0.39 is 11.1 Å². The largest absolute Gasteiger partial charge is 0.370 e. The van der Waals surface area contributed by atoms with Crippen molar-refractivity contribution in [2.24, 2.45) is 27.2 Å². The van der Waals surface area contributed by atoms with Gasteiger partial charge in [-0.1, -0.05) is 0 Å². The number of rotatable bonds is 2. The van der Waals surface area contributed by atoms with Crippen molar-refractivity contribution in [3.05, 3.63) is 29.6 Å². The molecule has 0 saturated carbocycles. The summed E-state index contributed by atoms with van der Waals surface area (Å²) >= 11 is 5.18. The van der Waals surface area contributed by atoms with E-state index in [4.69, 9.17) is 28.8 Å². The molecule has 90 valence electrons. The van der Waals surface area contributed by atoms with E-state index in [1.54, 1.807) is 0 Å². The van der Waals surface area contributed by atoms with Crippen molar-refractivity contribution >= 4 is 34.4 Å². The molecule has 0 aliphatic heterocycles. The number of aliphatic imine (C=N–C) groups is 2. The molecule has 0 aromatic heterocycles. The Morgan fingerprint density at radius 2 is 1.94 bits per heavy atom. The maximum atomic E-state index is 13.1. The van der Waals surface area contributed by atoms with Gasteiger partial charge < -0.3 is 17.2 Å². The number of hydrogen-bond acceptors (Lipinski definition) is 2. The van der Waals surface area contributed by atoms with Gasteiger partial charge in [-0.05, 0) is 29.8 Å². The van der Waals surface area contributed by atoms with Gasteiger partial charge in [-0.15, -0.1) is 0 Å². The van der Waals surface area contributed by atoms with Crippen LogP contribution in [0.15, 0.2) is 28.2 Å². The molecule has 0 atom stereocenters. The molecular formula is C9H9ClFN5O. The molecule has 6 nitrogen and oxygen atoms in total. The minimum absolute atomic E-state index is 0.206. The molecule has 17 heavy (non-hydrogen) atoms. The Kier molecular flexibility index (Phi) is 4.00. The van der Waals surface area contributed by atoms with E-state index in [1.165, 1.54) is 6.07 Å². The summed E-state index contributed by atoms with van der Waals surface area (Å²) in [4.78, 5) is 18.1. The first-order valence-electron chi connectivity index (χ1n) is 4.33. The molecule has 0 saturated heterocycles. The van der Waals surface area contributed by atoms with Crippen LogP contribution in [0.5, 0.6) is 0 Å². The molecule has 1 aromatic rings. The molecule has 8 heteroatoms. The van der Waals surface area contributed by atoms with Gasteiger partial charge in [-0.3, -0.25) is 4.79 Å². The number of carbonyl (C=O) groups excluding carboxylic acids is 1. The number of halogens is 2. The van der Waals surface area contributed by atoms with E-state index in [1.807, 2.05) is 0 Å². The zero-order valence-corrected chi connectivity index (χ0v) is 9.28. The van der Waals surface area contributed by atoms with E-state index in [2.05, 4.69) is 9.98 Å². The lowest BCUT2D eigenvalue weighted by molar-refractivity contribution is 0.107. The summed E-state index contributed by atoms with van der Waals surface area (Å²) < 4.78 is 13.1. The lowest BCUT2D eigenvalue weighted by Crippen LogP contribution is -2.26. The predicted molar refractivity (Wildman–Crippen MR) is 63.7 cm³/mol.